The second-order valence-corrected chi connectivity index (χ2v) is 9.18. The van der Waals surface area contributed by atoms with E-state index in [1.807, 2.05) is 18.3 Å². The zero-order valence-corrected chi connectivity index (χ0v) is 18.2. The second kappa shape index (κ2) is 8.10. The van der Waals surface area contributed by atoms with Gasteiger partial charge in [-0.05, 0) is 55.5 Å². The molecule has 3 atom stereocenters. The quantitative estimate of drug-likeness (QED) is 0.488. The number of aryl methyl sites for hydroxylation is 1. The van der Waals surface area contributed by atoms with Gasteiger partial charge in [0, 0.05) is 41.9 Å². The van der Waals surface area contributed by atoms with E-state index in [4.69, 9.17) is 0 Å². The fourth-order valence-corrected chi connectivity index (χ4v) is 5.73. The number of aromatic amines is 1. The summed E-state index contributed by atoms with van der Waals surface area (Å²) < 4.78 is 15.5. The maximum atomic E-state index is 13.5. The zero-order valence-electron chi connectivity index (χ0n) is 18.2. The van der Waals surface area contributed by atoms with Crippen LogP contribution in [-0.4, -0.2) is 48.1 Å². The molecule has 33 heavy (non-hydrogen) atoms. The van der Waals surface area contributed by atoms with Crippen LogP contribution in [0.15, 0.2) is 54.9 Å². The Bertz CT molecular complexity index is 1300. The molecule has 8 heteroatoms. The van der Waals surface area contributed by atoms with E-state index >= 15 is 0 Å². The van der Waals surface area contributed by atoms with Crippen molar-refractivity contribution < 1.29 is 9.18 Å². The second-order valence-electron chi connectivity index (χ2n) is 9.18. The van der Waals surface area contributed by atoms with Gasteiger partial charge in [0.05, 0.1) is 17.9 Å². The molecule has 2 aromatic carbocycles. The molecule has 0 radical (unpaired) electrons. The van der Waals surface area contributed by atoms with E-state index in [-0.39, 0.29) is 17.8 Å². The Balaban J connectivity index is 1.15. The Kier molecular flexibility index (Phi) is 4.93. The summed E-state index contributed by atoms with van der Waals surface area (Å²) in [6, 6.07) is 13.3. The molecule has 2 aliphatic rings. The third-order valence-electron chi connectivity index (χ3n) is 7.23. The summed E-state index contributed by atoms with van der Waals surface area (Å²) >= 11 is 0. The summed E-state index contributed by atoms with van der Waals surface area (Å²) in [5, 5.41) is 16.4. The van der Waals surface area contributed by atoms with E-state index in [1.54, 1.807) is 12.3 Å². The Morgan fingerprint density at radius 2 is 2.09 bits per heavy atom. The minimum absolute atomic E-state index is 0.192. The van der Waals surface area contributed by atoms with E-state index in [9.17, 15) is 9.18 Å². The van der Waals surface area contributed by atoms with Crippen LogP contribution in [-0.2, 0) is 17.8 Å². The molecule has 168 valence electrons. The van der Waals surface area contributed by atoms with E-state index < -0.39 is 0 Å². The molecule has 2 bridgehead atoms. The normalized spacial score (nSPS) is 21.8. The highest BCUT2D eigenvalue weighted by molar-refractivity contribution is 5.83. The minimum atomic E-state index is -0.249. The first kappa shape index (κ1) is 20.1. The van der Waals surface area contributed by atoms with Crippen LogP contribution in [0.2, 0.25) is 0 Å². The van der Waals surface area contributed by atoms with E-state index in [0.29, 0.717) is 24.8 Å². The number of halogens is 1. The van der Waals surface area contributed by atoms with Crippen molar-refractivity contribution >= 4 is 16.8 Å². The number of H-pyrrole nitrogens is 1. The number of carbonyl (C=O) groups is 1. The lowest BCUT2D eigenvalue weighted by molar-refractivity contribution is -0.132. The van der Waals surface area contributed by atoms with Crippen molar-refractivity contribution in [3.05, 3.63) is 66.2 Å². The van der Waals surface area contributed by atoms with Crippen LogP contribution >= 0.6 is 0 Å². The molecule has 2 aromatic heterocycles. The number of rotatable bonds is 6. The fraction of sp³-hybridized carbons (Fsp3) is 0.360. The predicted molar refractivity (Wildman–Crippen MR) is 122 cm³/mol. The Labute approximate surface area is 190 Å². The molecular formula is C25H25FN6O. The topological polar surface area (TPSA) is 79.7 Å². The number of hydrogen-bond acceptors (Lipinski definition) is 4. The van der Waals surface area contributed by atoms with E-state index in [2.05, 4.69) is 42.2 Å². The van der Waals surface area contributed by atoms with Gasteiger partial charge in [-0.3, -0.25) is 9.48 Å². The minimum Gasteiger partial charge on any atom is -0.336 e. The molecule has 3 unspecified atom stereocenters. The van der Waals surface area contributed by atoms with Crippen molar-refractivity contribution in [3.63, 3.8) is 0 Å². The predicted octanol–water partition coefficient (Wildman–Crippen LogP) is 3.97. The molecule has 0 spiro atoms. The standard InChI is InChI=1S/C25H25FN6O/c26-20-3-1-2-16(10-20)4-9-25(33)32-21-6-8-24(32)19(12-21)15-31-23-7-5-17(11-18(23)13-28-31)22-14-27-30-29-22/h1-3,5,7,10-11,13-14,19,21,24H,4,6,8-9,12,15H2,(H,27,29,30). The highest BCUT2D eigenvalue weighted by atomic mass is 19.1. The molecule has 2 aliphatic heterocycles. The van der Waals surface area contributed by atoms with Crippen molar-refractivity contribution in [1.29, 1.82) is 0 Å². The molecule has 2 fully saturated rings. The van der Waals surface area contributed by atoms with Crippen LogP contribution in [0.3, 0.4) is 0 Å². The van der Waals surface area contributed by atoms with Crippen molar-refractivity contribution in [2.45, 2.75) is 50.7 Å². The lowest BCUT2D eigenvalue weighted by Crippen LogP contribution is -2.37. The number of nitrogens with zero attached hydrogens (tertiary/aromatic N) is 5. The van der Waals surface area contributed by atoms with Gasteiger partial charge in [0.2, 0.25) is 5.91 Å². The van der Waals surface area contributed by atoms with Crippen LogP contribution in [0.4, 0.5) is 4.39 Å². The average Bonchev–Trinajstić information content (AvgIpc) is 3.61. The number of fused-ring (bicyclic) bond motifs is 3. The Hall–Kier alpha value is -3.55. The summed E-state index contributed by atoms with van der Waals surface area (Å²) in [5.74, 6) is 0.345. The molecular weight excluding hydrogens is 419 g/mol. The van der Waals surface area contributed by atoms with Crippen molar-refractivity contribution in [3.8, 4) is 11.3 Å². The molecule has 1 amide bonds. The molecule has 6 rings (SSSR count). The van der Waals surface area contributed by atoms with Gasteiger partial charge >= 0.3 is 0 Å². The molecule has 4 aromatic rings. The number of aromatic nitrogens is 5. The number of benzene rings is 2. The highest BCUT2D eigenvalue weighted by Crippen LogP contribution is 2.43. The number of hydrogen-bond donors (Lipinski definition) is 1. The Morgan fingerprint density at radius 3 is 2.94 bits per heavy atom. The maximum Gasteiger partial charge on any atom is 0.223 e. The lowest BCUT2D eigenvalue weighted by atomic mass is 9.89. The van der Waals surface area contributed by atoms with Crippen LogP contribution in [0.5, 0.6) is 0 Å². The van der Waals surface area contributed by atoms with Gasteiger partial charge in [-0.2, -0.15) is 20.5 Å². The largest absolute Gasteiger partial charge is 0.336 e. The van der Waals surface area contributed by atoms with Crippen LogP contribution in [0, 0.1) is 11.7 Å². The van der Waals surface area contributed by atoms with Gasteiger partial charge in [-0.15, -0.1) is 0 Å². The van der Waals surface area contributed by atoms with Crippen molar-refractivity contribution in [1.82, 2.24) is 30.1 Å². The molecule has 0 saturated carbocycles. The molecule has 1 N–H and O–H groups in total. The van der Waals surface area contributed by atoms with E-state index in [0.717, 1.165) is 53.5 Å². The number of carbonyl (C=O) groups excluding carboxylic acids is 1. The SMILES string of the molecule is O=C(CCc1cccc(F)c1)N1C2CCC1C(Cn1ncc3cc(-c4cn[nH]n4)ccc31)C2. The van der Waals surface area contributed by atoms with Gasteiger partial charge in [0.15, 0.2) is 0 Å². The molecule has 4 heterocycles. The molecule has 2 saturated heterocycles. The van der Waals surface area contributed by atoms with Gasteiger partial charge < -0.3 is 4.90 Å². The van der Waals surface area contributed by atoms with Crippen LogP contribution in [0.25, 0.3) is 22.2 Å². The number of nitrogens with one attached hydrogen (secondary N) is 1. The summed E-state index contributed by atoms with van der Waals surface area (Å²) in [6.45, 7) is 0.807. The summed E-state index contributed by atoms with van der Waals surface area (Å²) in [5.41, 5.74) is 3.78. The first-order valence-electron chi connectivity index (χ1n) is 11.5. The Morgan fingerprint density at radius 1 is 1.15 bits per heavy atom. The third-order valence-corrected chi connectivity index (χ3v) is 7.23. The molecule has 7 nitrogen and oxygen atoms in total. The van der Waals surface area contributed by atoms with Gasteiger partial charge in [0.1, 0.15) is 11.5 Å². The average molecular weight is 445 g/mol. The summed E-state index contributed by atoms with van der Waals surface area (Å²) in [4.78, 5) is 15.2. The van der Waals surface area contributed by atoms with Crippen molar-refractivity contribution in [2.24, 2.45) is 5.92 Å². The highest BCUT2D eigenvalue weighted by Gasteiger charge is 2.48. The summed E-state index contributed by atoms with van der Waals surface area (Å²) in [6.07, 6.45) is 7.77. The van der Waals surface area contributed by atoms with Crippen LogP contribution < -0.4 is 0 Å². The van der Waals surface area contributed by atoms with Crippen molar-refractivity contribution in [2.75, 3.05) is 0 Å². The van der Waals surface area contributed by atoms with Gasteiger partial charge in [-0.25, -0.2) is 4.39 Å². The number of amides is 1. The zero-order chi connectivity index (χ0) is 22.4. The first-order valence-corrected chi connectivity index (χ1v) is 11.5. The fourth-order valence-electron chi connectivity index (χ4n) is 5.73. The van der Waals surface area contributed by atoms with Gasteiger partial charge in [0.25, 0.3) is 0 Å². The maximum absolute atomic E-state index is 13.5. The van der Waals surface area contributed by atoms with Crippen LogP contribution in [0.1, 0.15) is 31.2 Å². The smallest absolute Gasteiger partial charge is 0.223 e. The summed E-state index contributed by atoms with van der Waals surface area (Å²) in [7, 11) is 0. The monoisotopic (exact) mass is 444 g/mol. The lowest BCUT2D eigenvalue weighted by Gasteiger charge is -2.25. The third kappa shape index (κ3) is 3.69. The molecule has 0 aliphatic carbocycles. The van der Waals surface area contributed by atoms with Gasteiger partial charge in [-0.1, -0.05) is 18.2 Å². The first-order chi connectivity index (χ1) is 16.2. The van der Waals surface area contributed by atoms with E-state index in [1.165, 1.54) is 12.1 Å².